The molecular weight excluding hydrogens is 210 g/mol. The Morgan fingerprint density at radius 2 is 1.76 bits per heavy atom. The first-order valence-electron chi connectivity index (χ1n) is 5.82. The molecule has 2 aromatic rings. The maximum atomic E-state index is 6.32. The number of aryl methyl sites for hydroxylation is 4. The van der Waals surface area contributed by atoms with Gasteiger partial charge in [-0.3, -0.25) is 4.68 Å². The predicted molar refractivity (Wildman–Crippen MR) is 69.9 cm³/mol. The third-order valence-electron chi connectivity index (χ3n) is 3.39. The van der Waals surface area contributed by atoms with E-state index in [0.717, 1.165) is 5.69 Å². The van der Waals surface area contributed by atoms with E-state index in [1.54, 1.807) is 6.20 Å². The zero-order chi connectivity index (χ0) is 12.6. The number of hydrogen-bond acceptors (Lipinski definition) is 2. The number of hydrogen-bond donors (Lipinski definition) is 1. The molecule has 0 aliphatic carbocycles. The van der Waals surface area contributed by atoms with Crippen LogP contribution in [-0.4, -0.2) is 9.78 Å². The molecule has 0 aliphatic heterocycles. The number of benzene rings is 1. The Labute approximate surface area is 102 Å². The summed E-state index contributed by atoms with van der Waals surface area (Å²) in [6.07, 6.45) is 1.78. The molecule has 0 saturated carbocycles. The summed E-state index contributed by atoms with van der Waals surface area (Å²) >= 11 is 0. The highest BCUT2D eigenvalue weighted by Crippen LogP contribution is 2.24. The molecular formula is C14H19N3. The van der Waals surface area contributed by atoms with Crippen LogP contribution in [0.25, 0.3) is 0 Å². The van der Waals surface area contributed by atoms with Crippen molar-refractivity contribution < 1.29 is 0 Å². The summed E-state index contributed by atoms with van der Waals surface area (Å²) in [5.74, 6) is 0. The first kappa shape index (κ1) is 11.9. The number of aromatic nitrogens is 2. The van der Waals surface area contributed by atoms with Gasteiger partial charge in [0, 0.05) is 13.2 Å². The van der Waals surface area contributed by atoms with Gasteiger partial charge in [0.2, 0.25) is 0 Å². The maximum absolute atomic E-state index is 6.32. The molecule has 17 heavy (non-hydrogen) atoms. The second-order valence-electron chi connectivity index (χ2n) is 4.65. The minimum atomic E-state index is -0.109. The maximum Gasteiger partial charge on any atom is 0.0725 e. The Kier molecular flexibility index (Phi) is 3.03. The van der Waals surface area contributed by atoms with Crippen LogP contribution < -0.4 is 5.73 Å². The molecule has 2 rings (SSSR count). The summed E-state index contributed by atoms with van der Waals surface area (Å²) in [6.45, 7) is 6.36. The fourth-order valence-corrected chi connectivity index (χ4v) is 2.17. The highest BCUT2D eigenvalue weighted by molar-refractivity contribution is 5.40. The van der Waals surface area contributed by atoms with E-state index in [1.807, 2.05) is 17.8 Å². The molecule has 1 atom stereocenters. The first-order chi connectivity index (χ1) is 8.00. The minimum absolute atomic E-state index is 0.109. The van der Waals surface area contributed by atoms with Gasteiger partial charge in [0.05, 0.1) is 11.7 Å². The molecule has 0 radical (unpaired) electrons. The molecule has 2 N–H and O–H groups in total. The molecule has 0 spiro atoms. The van der Waals surface area contributed by atoms with Crippen molar-refractivity contribution in [1.29, 1.82) is 0 Å². The normalized spacial score (nSPS) is 12.8. The number of nitrogens with two attached hydrogens (primary N) is 1. The van der Waals surface area contributed by atoms with Crippen molar-refractivity contribution in [1.82, 2.24) is 9.78 Å². The fraction of sp³-hybridized carbons (Fsp3) is 0.357. The van der Waals surface area contributed by atoms with Crippen LogP contribution in [0.2, 0.25) is 0 Å². The van der Waals surface area contributed by atoms with Crippen LogP contribution in [0.3, 0.4) is 0 Å². The molecule has 3 heteroatoms. The molecule has 3 nitrogen and oxygen atoms in total. The van der Waals surface area contributed by atoms with Gasteiger partial charge in [0.25, 0.3) is 0 Å². The molecule has 0 fully saturated rings. The molecule has 1 unspecified atom stereocenters. The molecule has 90 valence electrons. The van der Waals surface area contributed by atoms with E-state index in [0.29, 0.717) is 0 Å². The largest absolute Gasteiger partial charge is 0.319 e. The summed E-state index contributed by atoms with van der Waals surface area (Å²) < 4.78 is 1.83. The van der Waals surface area contributed by atoms with Crippen molar-refractivity contribution in [2.24, 2.45) is 12.8 Å². The summed E-state index contributed by atoms with van der Waals surface area (Å²) in [5, 5.41) is 4.17. The Bertz CT molecular complexity index is 540. The Hall–Kier alpha value is -1.61. The van der Waals surface area contributed by atoms with Crippen LogP contribution in [0.1, 0.15) is 34.0 Å². The van der Waals surface area contributed by atoms with Gasteiger partial charge in [-0.25, -0.2) is 0 Å². The van der Waals surface area contributed by atoms with Gasteiger partial charge >= 0.3 is 0 Å². The van der Waals surface area contributed by atoms with Crippen LogP contribution in [0.5, 0.6) is 0 Å². The fourth-order valence-electron chi connectivity index (χ4n) is 2.17. The van der Waals surface area contributed by atoms with Crippen molar-refractivity contribution in [3.8, 4) is 0 Å². The van der Waals surface area contributed by atoms with Crippen LogP contribution >= 0.6 is 0 Å². The quantitative estimate of drug-likeness (QED) is 0.859. The smallest absolute Gasteiger partial charge is 0.0725 e. The molecule has 0 saturated heterocycles. The highest BCUT2D eigenvalue weighted by atomic mass is 15.3. The lowest BCUT2D eigenvalue weighted by atomic mass is 9.94. The van der Waals surface area contributed by atoms with Gasteiger partial charge in [0.15, 0.2) is 0 Å². The Morgan fingerprint density at radius 3 is 2.35 bits per heavy atom. The molecule has 0 amide bonds. The monoisotopic (exact) mass is 229 g/mol. The van der Waals surface area contributed by atoms with Crippen molar-refractivity contribution in [2.45, 2.75) is 26.8 Å². The topological polar surface area (TPSA) is 43.8 Å². The van der Waals surface area contributed by atoms with Crippen molar-refractivity contribution in [3.63, 3.8) is 0 Å². The number of nitrogens with zero attached hydrogens (tertiary/aromatic N) is 2. The van der Waals surface area contributed by atoms with Crippen LogP contribution in [0, 0.1) is 20.8 Å². The van der Waals surface area contributed by atoms with Gasteiger partial charge in [-0.1, -0.05) is 12.1 Å². The summed E-state index contributed by atoms with van der Waals surface area (Å²) in [6, 6.07) is 6.24. The van der Waals surface area contributed by atoms with Crippen molar-refractivity contribution in [3.05, 3.63) is 52.3 Å². The summed E-state index contributed by atoms with van der Waals surface area (Å²) in [4.78, 5) is 0. The van der Waals surface area contributed by atoms with E-state index in [-0.39, 0.29) is 6.04 Å². The second-order valence-corrected chi connectivity index (χ2v) is 4.65. The van der Waals surface area contributed by atoms with E-state index in [4.69, 9.17) is 5.73 Å². The highest BCUT2D eigenvalue weighted by Gasteiger charge is 2.15. The molecule has 1 aromatic heterocycles. The first-order valence-corrected chi connectivity index (χ1v) is 5.82. The lowest BCUT2D eigenvalue weighted by Crippen LogP contribution is -2.17. The average molecular weight is 229 g/mol. The average Bonchev–Trinajstić information content (AvgIpc) is 2.69. The van der Waals surface area contributed by atoms with Crippen molar-refractivity contribution in [2.75, 3.05) is 0 Å². The Balaban J connectivity index is 2.48. The van der Waals surface area contributed by atoms with E-state index in [9.17, 15) is 0 Å². The van der Waals surface area contributed by atoms with Crippen LogP contribution in [-0.2, 0) is 7.05 Å². The van der Waals surface area contributed by atoms with Gasteiger partial charge in [-0.15, -0.1) is 0 Å². The van der Waals surface area contributed by atoms with Gasteiger partial charge < -0.3 is 5.73 Å². The third-order valence-corrected chi connectivity index (χ3v) is 3.39. The summed E-state index contributed by atoms with van der Waals surface area (Å²) in [7, 11) is 1.92. The SMILES string of the molecule is Cc1cc(C)c(C(N)c2ccnn2C)cc1C. The van der Waals surface area contributed by atoms with E-state index < -0.39 is 0 Å². The third kappa shape index (κ3) is 2.11. The van der Waals surface area contributed by atoms with Crippen LogP contribution in [0.4, 0.5) is 0 Å². The molecule has 0 aliphatic rings. The van der Waals surface area contributed by atoms with Gasteiger partial charge in [-0.05, 0) is 49.1 Å². The van der Waals surface area contributed by atoms with Gasteiger partial charge in [0.1, 0.15) is 0 Å². The number of rotatable bonds is 2. The van der Waals surface area contributed by atoms with E-state index >= 15 is 0 Å². The van der Waals surface area contributed by atoms with Crippen LogP contribution in [0.15, 0.2) is 24.4 Å². The minimum Gasteiger partial charge on any atom is -0.319 e. The predicted octanol–water partition coefficient (Wildman–Crippen LogP) is 2.39. The lowest BCUT2D eigenvalue weighted by molar-refractivity contribution is 0.671. The Morgan fingerprint density at radius 1 is 1.12 bits per heavy atom. The zero-order valence-corrected chi connectivity index (χ0v) is 10.9. The van der Waals surface area contributed by atoms with E-state index in [2.05, 4.69) is 38.0 Å². The molecule has 1 aromatic carbocycles. The standard InChI is InChI=1S/C14H19N3/c1-9-7-11(3)12(8-10(9)2)14(15)13-5-6-16-17(13)4/h5-8,14H,15H2,1-4H3. The summed E-state index contributed by atoms with van der Waals surface area (Å²) in [5.41, 5.74) is 12.4. The van der Waals surface area contributed by atoms with Crippen molar-refractivity contribution >= 4 is 0 Å². The van der Waals surface area contributed by atoms with Gasteiger partial charge in [-0.2, -0.15) is 5.10 Å². The molecule has 0 bridgehead atoms. The lowest BCUT2D eigenvalue weighted by Gasteiger charge is -2.17. The van der Waals surface area contributed by atoms with E-state index in [1.165, 1.54) is 22.3 Å². The zero-order valence-electron chi connectivity index (χ0n) is 10.9. The molecule has 1 heterocycles. The second kappa shape index (κ2) is 4.34.